The second-order valence-electron chi connectivity index (χ2n) is 9.90. The van der Waals surface area contributed by atoms with E-state index in [9.17, 15) is 23.6 Å². The van der Waals surface area contributed by atoms with E-state index in [-0.39, 0.29) is 56.8 Å². The molecule has 41 heavy (non-hydrogen) atoms. The lowest BCUT2D eigenvalue weighted by atomic mass is 10.0. The van der Waals surface area contributed by atoms with Gasteiger partial charge in [-0.1, -0.05) is 55.1 Å². The minimum absolute atomic E-state index is 0.0813. The molecule has 2 aromatic rings. The Labute approximate surface area is 238 Å². The third-order valence-electron chi connectivity index (χ3n) is 6.98. The number of rotatable bonds is 10. The maximum atomic E-state index is 13.7. The summed E-state index contributed by atoms with van der Waals surface area (Å²) in [4.78, 5) is 55.5. The van der Waals surface area contributed by atoms with Crippen LogP contribution in [0.5, 0.6) is 0 Å². The molecule has 2 aliphatic rings. The molecule has 2 aliphatic heterocycles. The summed E-state index contributed by atoms with van der Waals surface area (Å²) in [5.41, 5.74) is 1.64. The highest BCUT2D eigenvalue weighted by Crippen LogP contribution is 2.28. The highest BCUT2D eigenvalue weighted by atomic mass is 19.1. The number of amides is 5. The molecule has 0 bridgehead atoms. The Morgan fingerprint density at radius 1 is 1.07 bits per heavy atom. The second-order valence-corrected chi connectivity index (χ2v) is 9.90. The fourth-order valence-corrected chi connectivity index (χ4v) is 5.06. The van der Waals surface area contributed by atoms with Gasteiger partial charge in [0.25, 0.3) is 0 Å². The molecule has 2 atom stereocenters. The Kier molecular flexibility index (Phi) is 9.91. The molecular formula is C29H35FN6O5. The van der Waals surface area contributed by atoms with Crippen molar-refractivity contribution < 1.29 is 28.3 Å². The van der Waals surface area contributed by atoms with Crippen molar-refractivity contribution in [3.63, 3.8) is 0 Å². The molecule has 2 saturated heterocycles. The molecule has 12 heteroatoms. The summed E-state index contributed by atoms with van der Waals surface area (Å²) >= 11 is 0. The van der Waals surface area contributed by atoms with Crippen LogP contribution in [0.1, 0.15) is 24.0 Å². The number of hydrogen-bond donors (Lipinski definition) is 2. The predicted molar refractivity (Wildman–Crippen MR) is 148 cm³/mol. The van der Waals surface area contributed by atoms with Gasteiger partial charge in [0.05, 0.1) is 13.1 Å². The molecular weight excluding hydrogens is 531 g/mol. The van der Waals surface area contributed by atoms with Crippen LogP contribution in [0, 0.1) is 5.82 Å². The molecule has 0 unspecified atom stereocenters. The molecule has 0 aromatic heterocycles. The van der Waals surface area contributed by atoms with Crippen molar-refractivity contribution in [3.8, 4) is 0 Å². The molecule has 0 radical (unpaired) electrons. The number of piperazine rings is 1. The van der Waals surface area contributed by atoms with Gasteiger partial charge >= 0.3 is 12.1 Å². The van der Waals surface area contributed by atoms with Crippen molar-refractivity contribution in [3.05, 3.63) is 84.2 Å². The zero-order valence-electron chi connectivity index (χ0n) is 23.0. The van der Waals surface area contributed by atoms with E-state index in [0.29, 0.717) is 18.5 Å². The zero-order chi connectivity index (χ0) is 29.4. The lowest BCUT2D eigenvalue weighted by Gasteiger charge is -2.54. The Hall–Kier alpha value is -4.45. The van der Waals surface area contributed by atoms with Crippen molar-refractivity contribution in [1.29, 1.82) is 0 Å². The summed E-state index contributed by atoms with van der Waals surface area (Å²) in [6.07, 6.45) is 0.807. The Bertz CT molecular complexity index is 1240. The van der Waals surface area contributed by atoms with Gasteiger partial charge in [-0.3, -0.25) is 9.59 Å². The summed E-state index contributed by atoms with van der Waals surface area (Å²) in [5, 5.41) is 8.50. The topological polar surface area (TPSA) is 115 Å². The van der Waals surface area contributed by atoms with Crippen LogP contribution in [0.25, 0.3) is 0 Å². The van der Waals surface area contributed by atoms with Crippen LogP contribution < -0.4 is 10.6 Å². The summed E-state index contributed by atoms with van der Waals surface area (Å²) in [7, 11) is 1.65. The first-order chi connectivity index (χ1) is 19.8. The van der Waals surface area contributed by atoms with Crippen molar-refractivity contribution in [1.82, 2.24) is 30.5 Å². The molecule has 0 spiro atoms. The molecule has 0 saturated carbocycles. The number of halogens is 1. The number of nitrogens with one attached hydrogen (secondary N) is 2. The van der Waals surface area contributed by atoms with E-state index in [1.165, 1.54) is 28.1 Å². The Morgan fingerprint density at radius 3 is 2.51 bits per heavy atom. The number of hydrazine groups is 1. The van der Waals surface area contributed by atoms with Gasteiger partial charge in [0, 0.05) is 26.7 Å². The minimum atomic E-state index is -0.822. The normalized spacial score (nSPS) is 19.0. The van der Waals surface area contributed by atoms with Gasteiger partial charge in [-0.25, -0.2) is 24.0 Å². The average Bonchev–Trinajstić information content (AvgIpc) is 2.96. The Balaban J connectivity index is 1.52. The number of urea groups is 1. The summed E-state index contributed by atoms with van der Waals surface area (Å²) in [6, 6.07) is 14.0. The summed E-state index contributed by atoms with van der Waals surface area (Å²) in [5.74, 6) is -0.856. The van der Waals surface area contributed by atoms with E-state index in [0.717, 1.165) is 5.56 Å². The number of carbonyl (C=O) groups is 4. The number of alkyl carbamates (subject to hydrolysis) is 1. The third kappa shape index (κ3) is 7.40. The average molecular weight is 567 g/mol. The molecule has 11 nitrogen and oxygen atoms in total. The number of hydrogen-bond acceptors (Lipinski definition) is 6. The van der Waals surface area contributed by atoms with E-state index in [1.807, 2.05) is 30.3 Å². The molecule has 218 valence electrons. The van der Waals surface area contributed by atoms with E-state index < -0.39 is 24.3 Å². The number of fused-ring (bicyclic) bond motifs is 1. The van der Waals surface area contributed by atoms with Crippen LogP contribution in [-0.4, -0.2) is 89.3 Å². The van der Waals surface area contributed by atoms with E-state index in [4.69, 9.17) is 4.74 Å². The van der Waals surface area contributed by atoms with Crippen molar-refractivity contribution in [2.45, 2.75) is 38.1 Å². The fraction of sp³-hybridized carbons (Fsp3) is 0.379. The molecule has 0 aliphatic carbocycles. The fourth-order valence-electron chi connectivity index (χ4n) is 5.06. The monoisotopic (exact) mass is 566 g/mol. The SMILES string of the molecule is C=CCOC(=O)NCCC[C@H]1C(=O)N(Cc2ccccc2)C[C@H]2N1C(=O)CN(C)N2C(=O)NCc1ccc(F)cc1. The largest absolute Gasteiger partial charge is 0.445 e. The first-order valence-electron chi connectivity index (χ1n) is 13.5. The van der Waals surface area contributed by atoms with E-state index in [1.54, 1.807) is 29.1 Å². The molecule has 2 aromatic carbocycles. The number of likely N-dealkylation sites (N-methyl/N-ethyl adjacent to an activating group) is 1. The van der Waals surface area contributed by atoms with Crippen molar-refractivity contribution in [2.24, 2.45) is 0 Å². The van der Waals surface area contributed by atoms with Gasteiger partial charge < -0.3 is 25.2 Å². The van der Waals surface area contributed by atoms with Crippen LogP contribution in [0.3, 0.4) is 0 Å². The van der Waals surface area contributed by atoms with E-state index >= 15 is 0 Å². The first-order valence-corrected chi connectivity index (χ1v) is 13.5. The lowest BCUT2D eigenvalue weighted by molar-refractivity contribution is -0.188. The Morgan fingerprint density at radius 2 is 1.80 bits per heavy atom. The molecule has 2 N–H and O–H groups in total. The van der Waals surface area contributed by atoms with Crippen LogP contribution >= 0.6 is 0 Å². The van der Waals surface area contributed by atoms with Crippen LogP contribution in [-0.2, 0) is 27.4 Å². The van der Waals surface area contributed by atoms with E-state index in [2.05, 4.69) is 17.2 Å². The molecule has 2 fully saturated rings. The maximum absolute atomic E-state index is 13.7. The second kappa shape index (κ2) is 13.8. The molecule has 4 rings (SSSR count). The van der Waals surface area contributed by atoms with Gasteiger partial charge in [0.15, 0.2) is 0 Å². The van der Waals surface area contributed by atoms with Crippen LogP contribution in [0.15, 0.2) is 67.3 Å². The summed E-state index contributed by atoms with van der Waals surface area (Å²) in [6.45, 7) is 4.33. The highest BCUT2D eigenvalue weighted by molar-refractivity contribution is 5.91. The smallest absolute Gasteiger partial charge is 0.407 e. The minimum Gasteiger partial charge on any atom is -0.445 e. The summed E-state index contributed by atoms with van der Waals surface area (Å²) < 4.78 is 18.2. The van der Waals surface area contributed by atoms with Gasteiger partial charge in [0.1, 0.15) is 24.6 Å². The van der Waals surface area contributed by atoms with Crippen LogP contribution in [0.2, 0.25) is 0 Å². The zero-order valence-corrected chi connectivity index (χ0v) is 23.0. The van der Waals surface area contributed by atoms with Gasteiger partial charge in [-0.2, -0.15) is 0 Å². The van der Waals surface area contributed by atoms with Crippen molar-refractivity contribution >= 4 is 23.9 Å². The van der Waals surface area contributed by atoms with Gasteiger partial charge in [-0.15, -0.1) is 0 Å². The number of carbonyl (C=O) groups excluding carboxylic acids is 4. The van der Waals surface area contributed by atoms with Crippen LogP contribution in [0.4, 0.5) is 14.0 Å². The maximum Gasteiger partial charge on any atom is 0.407 e. The predicted octanol–water partition coefficient (Wildman–Crippen LogP) is 2.46. The highest BCUT2D eigenvalue weighted by Gasteiger charge is 2.50. The number of nitrogens with zero attached hydrogens (tertiary/aromatic N) is 4. The third-order valence-corrected chi connectivity index (χ3v) is 6.98. The lowest BCUT2D eigenvalue weighted by Crippen LogP contribution is -2.75. The molecule has 5 amide bonds. The quantitative estimate of drug-likeness (QED) is 0.337. The first kappa shape index (κ1) is 29.5. The van der Waals surface area contributed by atoms with Gasteiger partial charge in [-0.05, 0) is 36.1 Å². The van der Waals surface area contributed by atoms with Gasteiger partial charge in [0.2, 0.25) is 11.8 Å². The van der Waals surface area contributed by atoms with Crippen molar-refractivity contribution in [2.75, 3.05) is 33.3 Å². The molecule has 2 heterocycles. The number of ether oxygens (including phenoxy) is 1. The number of benzene rings is 2. The standard InChI is InChI=1S/C29H35FN6O5/c1-3-16-41-29(40)31-15-7-10-24-27(38)34(18-22-8-5-4-6-9-22)19-25-35(24)26(37)20-33(2)36(25)28(39)32-17-21-11-13-23(30)14-12-21/h3-6,8-9,11-14,24-25H,1,7,10,15-20H2,2H3,(H,31,40)(H,32,39)/t24-,25-/m0/s1.